The van der Waals surface area contributed by atoms with E-state index in [4.69, 9.17) is 4.74 Å². The van der Waals surface area contributed by atoms with Gasteiger partial charge in [0.1, 0.15) is 5.82 Å². The van der Waals surface area contributed by atoms with Crippen LogP contribution in [0, 0.1) is 5.82 Å². The van der Waals surface area contributed by atoms with E-state index in [-0.39, 0.29) is 18.0 Å². The maximum atomic E-state index is 13.5. The van der Waals surface area contributed by atoms with Gasteiger partial charge in [0, 0.05) is 25.7 Å². The van der Waals surface area contributed by atoms with Crippen molar-refractivity contribution >= 4 is 10.2 Å². The molecule has 1 saturated heterocycles. The summed E-state index contributed by atoms with van der Waals surface area (Å²) < 4.78 is 47.7. The van der Waals surface area contributed by atoms with Crippen LogP contribution >= 0.6 is 0 Å². The fourth-order valence-corrected chi connectivity index (χ4v) is 5.06. The molecule has 2 aliphatic heterocycles. The highest BCUT2D eigenvalue weighted by atomic mass is 32.2. The Kier molecular flexibility index (Phi) is 4.24. The van der Waals surface area contributed by atoms with Crippen LogP contribution in [0.1, 0.15) is 31.0 Å². The number of ether oxygens (including phenoxy) is 1. The van der Waals surface area contributed by atoms with Crippen LogP contribution in [-0.4, -0.2) is 49.4 Å². The number of hydrogen-bond donors (Lipinski definition) is 0. The second kappa shape index (κ2) is 5.88. The molecule has 1 aromatic rings. The van der Waals surface area contributed by atoms with Gasteiger partial charge in [0.05, 0.1) is 12.7 Å². The SMILES string of the molecule is C[C@@H]1CN(S(=O)(=O)N2CCc3ccc(F)cc3[C@@H]2C)CCO1. The quantitative estimate of drug-likeness (QED) is 0.830. The van der Waals surface area contributed by atoms with Crippen molar-refractivity contribution in [2.45, 2.75) is 32.4 Å². The largest absolute Gasteiger partial charge is 0.376 e. The molecule has 0 aromatic heterocycles. The third-order valence-electron chi connectivity index (χ3n) is 4.42. The number of halogens is 1. The molecule has 5 nitrogen and oxygen atoms in total. The van der Waals surface area contributed by atoms with E-state index < -0.39 is 10.2 Å². The lowest BCUT2D eigenvalue weighted by Crippen LogP contribution is -2.52. The average molecular weight is 328 g/mol. The van der Waals surface area contributed by atoms with Gasteiger partial charge in [-0.1, -0.05) is 6.07 Å². The zero-order chi connectivity index (χ0) is 15.9. The lowest BCUT2D eigenvalue weighted by atomic mass is 9.95. The summed E-state index contributed by atoms with van der Waals surface area (Å²) in [5.74, 6) is -0.329. The van der Waals surface area contributed by atoms with Crippen LogP contribution in [0.4, 0.5) is 4.39 Å². The average Bonchev–Trinajstić information content (AvgIpc) is 2.48. The zero-order valence-electron chi connectivity index (χ0n) is 12.8. The summed E-state index contributed by atoms with van der Waals surface area (Å²) in [6.07, 6.45) is 0.507. The molecular formula is C15H21FN2O3S. The Morgan fingerprint density at radius 2 is 2.05 bits per heavy atom. The molecular weight excluding hydrogens is 307 g/mol. The molecule has 0 saturated carbocycles. The van der Waals surface area contributed by atoms with Crippen molar-refractivity contribution in [3.05, 3.63) is 35.1 Å². The fraction of sp³-hybridized carbons (Fsp3) is 0.600. The lowest BCUT2D eigenvalue weighted by molar-refractivity contribution is 0.00772. The van der Waals surface area contributed by atoms with Crippen LogP contribution in [-0.2, 0) is 21.4 Å². The smallest absolute Gasteiger partial charge is 0.282 e. The van der Waals surface area contributed by atoms with Crippen molar-refractivity contribution in [3.8, 4) is 0 Å². The van der Waals surface area contributed by atoms with Crippen molar-refractivity contribution in [3.63, 3.8) is 0 Å². The molecule has 0 spiro atoms. The molecule has 0 bridgehead atoms. The van der Waals surface area contributed by atoms with Crippen LogP contribution in [0.3, 0.4) is 0 Å². The Hall–Kier alpha value is -1.02. The zero-order valence-corrected chi connectivity index (χ0v) is 13.6. The summed E-state index contributed by atoms with van der Waals surface area (Å²) in [6.45, 7) is 5.25. The highest BCUT2D eigenvalue weighted by molar-refractivity contribution is 7.86. The second-order valence-electron chi connectivity index (χ2n) is 5.93. The van der Waals surface area contributed by atoms with Gasteiger partial charge < -0.3 is 4.74 Å². The number of fused-ring (bicyclic) bond motifs is 1. The Morgan fingerprint density at radius 3 is 2.77 bits per heavy atom. The number of nitrogens with zero attached hydrogens (tertiary/aromatic N) is 2. The molecule has 0 amide bonds. The van der Waals surface area contributed by atoms with Crippen LogP contribution in [0.15, 0.2) is 18.2 Å². The van der Waals surface area contributed by atoms with Crippen molar-refractivity contribution in [2.24, 2.45) is 0 Å². The van der Waals surface area contributed by atoms with Gasteiger partial charge >= 0.3 is 0 Å². The first-order chi connectivity index (χ1) is 10.4. The minimum absolute atomic E-state index is 0.103. The summed E-state index contributed by atoms with van der Waals surface area (Å²) in [6, 6.07) is 4.27. The summed E-state index contributed by atoms with van der Waals surface area (Å²) in [4.78, 5) is 0. The Labute approximate surface area is 130 Å². The van der Waals surface area contributed by atoms with E-state index in [2.05, 4.69) is 0 Å². The van der Waals surface area contributed by atoms with E-state index in [1.165, 1.54) is 20.7 Å². The molecule has 2 atom stereocenters. The molecule has 1 aromatic carbocycles. The number of hydrogen-bond acceptors (Lipinski definition) is 3. The van der Waals surface area contributed by atoms with E-state index in [0.717, 1.165) is 11.1 Å². The molecule has 0 radical (unpaired) electrons. The first-order valence-corrected chi connectivity index (χ1v) is 8.96. The number of morpholine rings is 1. The molecule has 0 N–H and O–H groups in total. The predicted molar refractivity (Wildman–Crippen MR) is 81.1 cm³/mol. The highest BCUT2D eigenvalue weighted by Gasteiger charge is 2.38. The summed E-state index contributed by atoms with van der Waals surface area (Å²) in [7, 11) is -3.56. The number of rotatable bonds is 2. The van der Waals surface area contributed by atoms with Crippen LogP contribution in [0.5, 0.6) is 0 Å². The topological polar surface area (TPSA) is 49.9 Å². The molecule has 0 unspecified atom stereocenters. The van der Waals surface area contributed by atoms with E-state index in [1.54, 1.807) is 6.07 Å². The van der Waals surface area contributed by atoms with E-state index >= 15 is 0 Å². The molecule has 3 rings (SSSR count). The third kappa shape index (κ3) is 2.78. The van der Waals surface area contributed by atoms with Gasteiger partial charge in [-0.15, -0.1) is 0 Å². The minimum atomic E-state index is -3.56. The van der Waals surface area contributed by atoms with Gasteiger partial charge in [-0.25, -0.2) is 4.39 Å². The van der Waals surface area contributed by atoms with Crippen LogP contribution < -0.4 is 0 Å². The fourth-order valence-electron chi connectivity index (χ4n) is 3.22. The van der Waals surface area contributed by atoms with Gasteiger partial charge in [-0.2, -0.15) is 17.0 Å². The van der Waals surface area contributed by atoms with Crippen molar-refractivity contribution in [1.82, 2.24) is 8.61 Å². The standard InChI is InChI=1S/C15H21FN2O3S/c1-11-10-17(7-8-21-11)22(19,20)18-6-5-13-3-4-14(16)9-15(13)12(18)2/h3-4,9,11-12H,5-8,10H2,1-2H3/t11-,12+/m1/s1. The third-order valence-corrected chi connectivity index (χ3v) is 6.49. The van der Waals surface area contributed by atoms with Crippen molar-refractivity contribution in [1.29, 1.82) is 0 Å². The van der Waals surface area contributed by atoms with E-state index in [0.29, 0.717) is 32.7 Å². The number of benzene rings is 1. The molecule has 0 aliphatic carbocycles. The van der Waals surface area contributed by atoms with Crippen molar-refractivity contribution < 1.29 is 17.5 Å². The molecule has 1 fully saturated rings. The Morgan fingerprint density at radius 1 is 1.27 bits per heavy atom. The Balaban J connectivity index is 1.89. The maximum Gasteiger partial charge on any atom is 0.282 e. The summed E-state index contributed by atoms with van der Waals surface area (Å²) in [5, 5.41) is 0. The predicted octanol–water partition coefficient (Wildman–Crippen LogP) is 1.71. The van der Waals surface area contributed by atoms with Crippen LogP contribution in [0.25, 0.3) is 0 Å². The second-order valence-corrected chi connectivity index (χ2v) is 7.81. The summed E-state index contributed by atoms with van der Waals surface area (Å²) in [5.41, 5.74) is 1.78. The van der Waals surface area contributed by atoms with Gasteiger partial charge in [0.25, 0.3) is 10.2 Å². The van der Waals surface area contributed by atoms with E-state index in [1.807, 2.05) is 13.8 Å². The monoisotopic (exact) mass is 328 g/mol. The van der Waals surface area contributed by atoms with Gasteiger partial charge in [-0.05, 0) is 43.5 Å². The summed E-state index contributed by atoms with van der Waals surface area (Å²) >= 11 is 0. The van der Waals surface area contributed by atoms with Crippen molar-refractivity contribution in [2.75, 3.05) is 26.2 Å². The van der Waals surface area contributed by atoms with Gasteiger partial charge in [0.15, 0.2) is 0 Å². The maximum absolute atomic E-state index is 13.5. The molecule has 2 aliphatic rings. The Bertz CT molecular complexity index is 665. The molecule has 122 valence electrons. The van der Waals surface area contributed by atoms with Gasteiger partial charge in [0.2, 0.25) is 0 Å². The lowest BCUT2D eigenvalue weighted by Gasteiger charge is -2.39. The van der Waals surface area contributed by atoms with E-state index in [9.17, 15) is 12.8 Å². The normalized spacial score (nSPS) is 27.6. The first kappa shape index (κ1) is 15.9. The molecule has 7 heteroatoms. The highest BCUT2D eigenvalue weighted by Crippen LogP contribution is 2.33. The van der Waals surface area contributed by atoms with Gasteiger partial charge in [-0.3, -0.25) is 0 Å². The first-order valence-electron chi connectivity index (χ1n) is 7.56. The molecule has 2 heterocycles. The van der Waals surface area contributed by atoms with Crippen LogP contribution in [0.2, 0.25) is 0 Å². The molecule has 22 heavy (non-hydrogen) atoms. The minimum Gasteiger partial charge on any atom is -0.376 e.